The fourth-order valence-electron chi connectivity index (χ4n) is 5.95. The normalized spacial score (nSPS) is 19.9. The van der Waals surface area contributed by atoms with Gasteiger partial charge in [0, 0.05) is 37.6 Å². The summed E-state index contributed by atoms with van der Waals surface area (Å²) in [5, 5.41) is 6.96. The third kappa shape index (κ3) is 7.24. The molecule has 194 valence electrons. The van der Waals surface area contributed by atoms with Crippen LogP contribution in [0.15, 0.2) is 54.9 Å². The van der Waals surface area contributed by atoms with Crippen LogP contribution in [-0.2, 0) is 22.4 Å². The van der Waals surface area contributed by atoms with Gasteiger partial charge in [-0.2, -0.15) is 5.10 Å². The first-order valence-electron chi connectivity index (χ1n) is 14.2. The number of carbonyl (C=O) groups excluding carboxylic acids is 2. The zero-order chi connectivity index (χ0) is 25.5. The van der Waals surface area contributed by atoms with E-state index in [9.17, 15) is 9.59 Å². The van der Waals surface area contributed by atoms with Crippen LogP contribution in [0, 0.1) is 11.8 Å². The summed E-state index contributed by atoms with van der Waals surface area (Å²) >= 11 is 0. The standard InChI is InChI=1S/C32H39N3O2/c36-28(11-6-12-32(37)25-9-3-1-2-4-10-25)15-13-23-7-5-8-24(19-23)20-27-21-29(27)26-14-16-30(33-22-26)31-17-18-34-35-31/h5,7-8,14,16-19,22,25,27,29H,1-4,6,9-13,15,20-21H2,(H,34,35). The molecule has 2 heterocycles. The van der Waals surface area contributed by atoms with Crippen molar-refractivity contribution in [3.05, 3.63) is 71.5 Å². The van der Waals surface area contributed by atoms with E-state index in [-0.39, 0.29) is 11.7 Å². The van der Waals surface area contributed by atoms with Gasteiger partial charge in [-0.3, -0.25) is 19.7 Å². The molecule has 2 unspecified atom stereocenters. The van der Waals surface area contributed by atoms with Crippen LogP contribution >= 0.6 is 0 Å². The lowest BCUT2D eigenvalue weighted by Crippen LogP contribution is -2.14. The number of hydrogen-bond donors (Lipinski definition) is 1. The van der Waals surface area contributed by atoms with E-state index < -0.39 is 0 Å². The van der Waals surface area contributed by atoms with Crippen LogP contribution in [0.3, 0.4) is 0 Å². The van der Waals surface area contributed by atoms with Crippen molar-refractivity contribution >= 4 is 11.6 Å². The van der Waals surface area contributed by atoms with Crippen molar-refractivity contribution in [3.63, 3.8) is 0 Å². The monoisotopic (exact) mass is 497 g/mol. The van der Waals surface area contributed by atoms with Crippen LogP contribution in [0.25, 0.3) is 11.4 Å². The van der Waals surface area contributed by atoms with Crippen molar-refractivity contribution in [2.75, 3.05) is 0 Å². The molecule has 0 bridgehead atoms. The third-order valence-electron chi connectivity index (χ3n) is 8.28. The average molecular weight is 498 g/mol. The van der Waals surface area contributed by atoms with E-state index in [4.69, 9.17) is 0 Å². The first kappa shape index (κ1) is 25.6. The lowest BCUT2D eigenvalue weighted by Gasteiger charge is -2.12. The summed E-state index contributed by atoms with van der Waals surface area (Å²) in [6.45, 7) is 0. The molecule has 0 saturated heterocycles. The van der Waals surface area contributed by atoms with E-state index in [2.05, 4.69) is 51.6 Å². The topological polar surface area (TPSA) is 75.7 Å². The number of aryl methyl sites for hydroxylation is 1. The number of pyridine rings is 1. The Bertz CT molecular complexity index is 1160. The molecular weight excluding hydrogens is 458 g/mol. The molecule has 3 aromatic rings. The summed E-state index contributed by atoms with van der Waals surface area (Å²) in [6, 6.07) is 14.9. The van der Waals surface area contributed by atoms with Gasteiger partial charge in [0.05, 0.1) is 11.4 Å². The Kier molecular flexibility index (Phi) is 8.60. The van der Waals surface area contributed by atoms with Crippen molar-refractivity contribution in [1.29, 1.82) is 0 Å². The predicted octanol–water partition coefficient (Wildman–Crippen LogP) is 7.03. The molecule has 5 rings (SSSR count). The Morgan fingerprint density at radius 2 is 1.76 bits per heavy atom. The number of ketones is 2. The second-order valence-electron chi connectivity index (χ2n) is 11.1. The van der Waals surface area contributed by atoms with E-state index in [1.54, 1.807) is 6.20 Å². The lowest BCUT2D eigenvalue weighted by molar-refractivity contribution is -0.123. The largest absolute Gasteiger partial charge is 0.300 e. The molecule has 0 spiro atoms. The minimum Gasteiger partial charge on any atom is -0.300 e. The number of nitrogens with zero attached hydrogens (tertiary/aromatic N) is 2. The molecule has 2 fully saturated rings. The van der Waals surface area contributed by atoms with Gasteiger partial charge in [-0.25, -0.2) is 0 Å². The van der Waals surface area contributed by atoms with Crippen LogP contribution in [-0.4, -0.2) is 26.7 Å². The quantitative estimate of drug-likeness (QED) is 0.273. The number of Topliss-reactive ketones (excluding diaryl/α,β-unsaturated/α-hetero) is 2. The Hall–Kier alpha value is -3.08. The maximum Gasteiger partial charge on any atom is 0.135 e. The van der Waals surface area contributed by atoms with Crippen molar-refractivity contribution in [3.8, 4) is 11.4 Å². The van der Waals surface area contributed by atoms with Crippen LogP contribution in [0.1, 0.15) is 93.2 Å². The number of aromatic nitrogens is 3. The number of aromatic amines is 1. The highest BCUT2D eigenvalue weighted by Gasteiger charge is 2.38. The molecule has 2 aliphatic rings. The smallest absolute Gasteiger partial charge is 0.135 e. The summed E-state index contributed by atoms with van der Waals surface area (Å²) in [5.74, 6) is 2.17. The highest BCUT2D eigenvalue weighted by Crippen LogP contribution is 2.49. The number of hydrogen-bond acceptors (Lipinski definition) is 4. The Morgan fingerprint density at radius 3 is 2.51 bits per heavy atom. The van der Waals surface area contributed by atoms with Gasteiger partial charge >= 0.3 is 0 Å². The van der Waals surface area contributed by atoms with Crippen LogP contribution < -0.4 is 0 Å². The number of carbonyl (C=O) groups is 2. The fraction of sp³-hybridized carbons (Fsp3) is 0.500. The molecule has 0 aliphatic heterocycles. The van der Waals surface area contributed by atoms with Crippen LogP contribution in [0.4, 0.5) is 0 Å². The highest BCUT2D eigenvalue weighted by atomic mass is 16.1. The van der Waals surface area contributed by atoms with Gasteiger partial charge in [0.15, 0.2) is 0 Å². The van der Waals surface area contributed by atoms with E-state index in [0.717, 1.165) is 43.5 Å². The van der Waals surface area contributed by atoms with E-state index in [1.807, 2.05) is 12.3 Å². The number of H-pyrrole nitrogens is 1. The number of benzene rings is 1. The minimum atomic E-state index is 0.254. The second kappa shape index (κ2) is 12.4. The molecular formula is C32H39N3O2. The van der Waals surface area contributed by atoms with Crippen LogP contribution in [0.2, 0.25) is 0 Å². The SMILES string of the molecule is O=C(CCCC(=O)C1CCCCCC1)CCc1cccc(CC2CC2c2ccc(-c3ccn[nH]3)nc2)c1. The molecule has 0 amide bonds. The van der Waals surface area contributed by atoms with Gasteiger partial charge in [-0.15, -0.1) is 0 Å². The molecule has 2 aromatic heterocycles. The molecule has 0 radical (unpaired) electrons. The van der Waals surface area contributed by atoms with E-state index in [0.29, 0.717) is 36.9 Å². The molecule has 5 heteroatoms. The third-order valence-corrected chi connectivity index (χ3v) is 8.28. The van der Waals surface area contributed by atoms with Crippen molar-refractivity contribution in [2.24, 2.45) is 11.8 Å². The molecule has 37 heavy (non-hydrogen) atoms. The lowest BCUT2D eigenvalue weighted by atomic mass is 9.92. The maximum absolute atomic E-state index is 12.5. The summed E-state index contributed by atoms with van der Waals surface area (Å²) in [5.41, 5.74) is 5.77. The Balaban J connectivity index is 1.03. The summed E-state index contributed by atoms with van der Waals surface area (Å²) < 4.78 is 0. The van der Waals surface area contributed by atoms with Crippen LogP contribution in [0.5, 0.6) is 0 Å². The van der Waals surface area contributed by atoms with Crippen molar-refractivity contribution in [2.45, 2.75) is 89.4 Å². The second-order valence-corrected chi connectivity index (χ2v) is 11.1. The minimum absolute atomic E-state index is 0.254. The molecule has 2 aliphatic carbocycles. The van der Waals surface area contributed by atoms with E-state index >= 15 is 0 Å². The first-order valence-corrected chi connectivity index (χ1v) is 14.2. The summed E-state index contributed by atoms with van der Waals surface area (Å²) in [4.78, 5) is 29.6. The van der Waals surface area contributed by atoms with Gasteiger partial charge in [-0.05, 0) is 79.2 Å². The maximum atomic E-state index is 12.5. The molecule has 5 nitrogen and oxygen atoms in total. The Morgan fingerprint density at radius 1 is 0.919 bits per heavy atom. The zero-order valence-corrected chi connectivity index (χ0v) is 21.8. The van der Waals surface area contributed by atoms with Gasteiger partial charge in [-0.1, -0.05) is 56.0 Å². The van der Waals surface area contributed by atoms with Gasteiger partial charge in [0.1, 0.15) is 11.6 Å². The zero-order valence-electron chi connectivity index (χ0n) is 21.8. The molecule has 2 saturated carbocycles. The first-order chi connectivity index (χ1) is 18.2. The number of rotatable bonds is 12. The van der Waals surface area contributed by atoms with Gasteiger partial charge < -0.3 is 0 Å². The number of nitrogens with one attached hydrogen (secondary N) is 1. The van der Waals surface area contributed by atoms with Gasteiger partial charge in [0.25, 0.3) is 0 Å². The molecule has 2 atom stereocenters. The Labute approximate surface area is 220 Å². The summed E-state index contributed by atoms with van der Waals surface area (Å²) in [7, 11) is 0. The van der Waals surface area contributed by atoms with Crippen molar-refractivity contribution in [1.82, 2.24) is 15.2 Å². The van der Waals surface area contributed by atoms with Crippen molar-refractivity contribution < 1.29 is 9.59 Å². The molecule has 1 N–H and O–H groups in total. The summed E-state index contributed by atoms with van der Waals surface area (Å²) in [6.07, 6.45) is 16.2. The average Bonchev–Trinajstić information content (AvgIpc) is 3.56. The highest BCUT2D eigenvalue weighted by molar-refractivity contribution is 5.82. The van der Waals surface area contributed by atoms with Gasteiger partial charge in [0.2, 0.25) is 0 Å². The fourth-order valence-corrected chi connectivity index (χ4v) is 5.95. The van der Waals surface area contributed by atoms with E-state index in [1.165, 1.54) is 48.8 Å². The predicted molar refractivity (Wildman–Crippen MR) is 146 cm³/mol. The molecule has 1 aromatic carbocycles.